The lowest BCUT2D eigenvalue weighted by Crippen LogP contribution is -2.06. The largest absolute Gasteiger partial charge is 0.462 e. The number of aryl methyl sites for hydroxylation is 2. The van der Waals surface area contributed by atoms with Crippen LogP contribution in [0.5, 0.6) is 0 Å². The number of nitriles is 1. The standard InChI is InChI=1S/C21H20N4O3/c1-5-27-21(26)18-13(3)17(23-14(18)4)10-16(11-22)20-24-19(25-28-20)15-8-6-12(2)7-9-15/h6-10,23H,5H2,1-4H3/b16-10+. The molecular formula is C21H20N4O3. The normalized spacial score (nSPS) is 11.3. The Morgan fingerprint density at radius 3 is 2.64 bits per heavy atom. The highest BCUT2D eigenvalue weighted by atomic mass is 16.5. The van der Waals surface area contributed by atoms with E-state index in [9.17, 15) is 10.1 Å². The molecular weight excluding hydrogens is 356 g/mol. The molecule has 0 aliphatic heterocycles. The number of carbonyl (C=O) groups is 1. The number of hydrogen-bond donors (Lipinski definition) is 1. The molecule has 2 heterocycles. The number of H-pyrrole nitrogens is 1. The number of carbonyl (C=O) groups excluding carboxylic acids is 1. The van der Waals surface area contributed by atoms with Gasteiger partial charge in [-0.05, 0) is 39.3 Å². The third kappa shape index (κ3) is 3.71. The number of nitrogens with zero attached hydrogens (tertiary/aromatic N) is 3. The molecule has 142 valence electrons. The van der Waals surface area contributed by atoms with Gasteiger partial charge in [-0.2, -0.15) is 10.2 Å². The van der Waals surface area contributed by atoms with Gasteiger partial charge in [-0.3, -0.25) is 0 Å². The molecule has 0 radical (unpaired) electrons. The van der Waals surface area contributed by atoms with E-state index in [0.717, 1.165) is 11.1 Å². The average Bonchev–Trinajstić information content (AvgIpc) is 3.25. The van der Waals surface area contributed by atoms with Crippen molar-refractivity contribution in [2.75, 3.05) is 6.61 Å². The number of nitrogens with one attached hydrogen (secondary N) is 1. The van der Waals surface area contributed by atoms with Gasteiger partial charge < -0.3 is 14.2 Å². The molecule has 0 amide bonds. The van der Waals surface area contributed by atoms with Gasteiger partial charge in [-0.1, -0.05) is 35.0 Å². The maximum Gasteiger partial charge on any atom is 0.340 e. The van der Waals surface area contributed by atoms with E-state index in [0.29, 0.717) is 34.9 Å². The van der Waals surface area contributed by atoms with Crippen LogP contribution in [-0.2, 0) is 4.74 Å². The fourth-order valence-corrected chi connectivity index (χ4v) is 2.87. The van der Waals surface area contributed by atoms with Crippen molar-refractivity contribution in [3.05, 3.63) is 58.2 Å². The van der Waals surface area contributed by atoms with E-state index in [-0.39, 0.29) is 11.5 Å². The van der Waals surface area contributed by atoms with Crippen LogP contribution in [0, 0.1) is 32.1 Å². The summed E-state index contributed by atoms with van der Waals surface area (Å²) in [7, 11) is 0. The molecule has 0 fully saturated rings. The van der Waals surface area contributed by atoms with Crippen molar-refractivity contribution in [2.24, 2.45) is 0 Å². The zero-order chi connectivity index (χ0) is 20.3. The highest BCUT2D eigenvalue weighted by Gasteiger charge is 2.20. The first-order valence-electron chi connectivity index (χ1n) is 8.83. The van der Waals surface area contributed by atoms with Crippen LogP contribution >= 0.6 is 0 Å². The molecule has 7 nitrogen and oxygen atoms in total. The first-order chi connectivity index (χ1) is 13.4. The molecule has 0 atom stereocenters. The summed E-state index contributed by atoms with van der Waals surface area (Å²) in [6.45, 7) is 7.62. The van der Waals surface area contributed by atoms with Crippen LogP contribution in [0.2, 0.25) is 0 Å². The first-order valence-corrected chi connectivity index (χ1v) is 8.83. The van der Waals surface area contributed by atoms with Gasteiger partial charge in [0.1, 0.15) is 11.6 Å². The molecule has 3 aromatic rings. The van der Waals surface area contributed by atoms with Gasteiger partial charge in [0.25, 0.3) is 5.89 Å². The van der Waals surface area contributed by atoms with Crippen LogP contribution in [0.25, 0.3) is 23.0 Å². The van der Waals surface area contributed by atoms with Crippen molar-refractivity contribution < 1.29 is 14.1 Å². The summed E-state index contributed by atoms with van der Waals surface area (Å²) in [6, 6.07) is 9.77. The predicted octanol–water partition coefficient (Wildman–Crippen LogP) is 4.23. The summed E-state index contributed by atoms with van der Waals surface area (Å²) in [5.41, 5.74) is 4.58. The topological polar surface area (TPSA) is 105 Å². The molecule has 0 spiro atoms. The molecule has 28 heavy (non-hydrogen) atoms. The number of aromatic amines is 1. The second-order valence-corrected chi connectivity index (χ2v) is 6.34. The molecule has 0 saturated carbocycles. The second-order valence-electron chi connectivity index (χ2n) is 6.34. The van der Waals surface area contributed by atoms with Crippen molar-refractivity contribution in [1.29, 1.82) is 5.26 Å². The van der Waals surface area contributed by atoms with E-state index in [1.165, 1.54) is 0 Å². The number of esters is 1. The Kier molecular flexibility index (Phi) is 5.41. The molecule has 1 N–H and O–H groups in total. The molecule has 0 aliphatic carbocycles. The van der Waals surface area contributed by atoms with E-state index >= 15 is 0 Å². The van der Waals surface area contributed by atoms with Crippen molar-refractivity contribution in [3.8, 4) is 17.5 Å². The number of ether oxygens (including phenoxy) is 1. The molecule has 0 unspecified atom stereocenters. The number of hydrogen-bond acceptors (Lipinski definition) is 6. The summed E-state index contributed by atoms with van der Waals surface area (Å²) < 4.78 is 10.4. The molecule has 2 aromatic heterocycles. The summed E-state index contributed by atoms with van der Waals surface area (Å²) in [5.74, 6) is 0.122. The monoisotopic (exact) mass is 376 g/mol. The van der Waals surface area contributed by atoms with Crippen molar-refractivity contribution >= 4 is 17.6 Å². The lowest BCUT2D eigenvalue weighted by molar-refractivity contribution is 0.0525. The molecule has 1 aromatic carbocycles. The highest BCUT2D eigenvalue weighted by molar-refractivity contribution is 5.95. The van der Waals surface area contributed by atoms with Gasteiger partial charge in [0.15, 0.2) is 0 Å². The second kappa shape index (κ2) is 7.92. The van der Waals surface area contributed by atoms with Gasteiger partial charge in [-0.25, -0.2) is 4.79 Å². The lowest BCUT2D eigenvalue weighted by Gasteiger charge is -2.01. The molecule has 0 aliphatic rings. The molecule has 7 heteroatoms. The zero-order valence-electron chi connectivity index (χ0n) is 16.2. The average molecular weight is 376 g/mol. The first kappa shape index (κ1) is 19.1. The summed E-state index contributed by atoms with van der Waals surface area (Å²) in [4.78, 5) is 19.6. The van der Waals surface area contributed by atoms with Crippen molar-refractivity contribution in [3.63, 3.8) is 0 Å². The highest BCUT2D eigenvalue weighted by Crippen LogP contribution is 2.25. The minimum atomic E-state index is -0.397. The summed E-state index contributed by atoms with van der Waals surface area (Å²) in [6.07, 6.45) is 1.59. The molecule has 3 rings (SSSR count). The minimum absolute atomic E-state index is 0.113. The van der Waals surface area contributed by atoms with E-state index in [1.54, 1.807) is 26.8 Å². The van der Waals surface area contributed by atoms with E-state index in [1.807, 2.05) is 31.2 Å². The van der Waals surface area contributed by atoms with Gasteiger partial charge in [0.2, 0.25) is 5.82 Å². The Labute approximate surface area is 162 Å². The van der Waals surface area contributed by atoms with Crippen LogP contribution in [0.3, 0.4) is 0 Å². The number of allylic oxidation sites excluding steroid dienone is 1. The lowest BCUT2D eigenvalue weighted by atomic mass is 10.1. The Balaban J connectivity index is 1.96. The Morgan fingerprint density at radius 2 is 2.00 bits per heavy atom. The SMILES string of the molecule is CCOC(=O)c1c(C)[nH]c(/C=C(\C#N)c2nc(-c3ccc(C)cc3)no2)c1C. The van der Waals surface area contributed by atoms with E-state index < -0.39 is 5.97 Å². The smallest absolute Gasteiger partial charge is 0.340 e. The number of benzene rings is 1. The number of rotatable bonds is 5. The van der Waals surface area contributed by atoms with Crippen LogP contribution in [0.15, 0.2) is 28.8 Å². The zero-order valence-corrected chi connectivity index (χ0v) is 16.2. The predicted molar refractivity (Wildman–Crippen MR) is 104 cm³/mol. The maximum absolute atomic E-state index is 12.1. The maximum atomic E-state index is 12.1. The van der Waals surface area contributed by atoms with Crippen LogP contribution in [0.1, 0.15) is 45.7 Å². The van der Waals surface area contributed by atoms with Gasteiger partial charge in [-0.15, -0.1) is 0 Å². The van der Waals surface area contributed by atoms with Crippen LogP contribution in [0.4, 0.5) is 0 Å². The third-order valence-corrected chi connectivity index (χ3v) is 4.33. The van der Waals surface area contributed by atoms with Crippen molar-refractivity contribution in [2.45, 2.75) is 27.7 Å². The van der Waals surface area contributed by atoms with Crippen LogP contribution < -0.4 is 0 Å². The summed E-state index contributed by atoms with van der Waals surface area (Å²) >= 11 is 0. The van der Waals surface area contributed by atoms with Gasteiger partial charge in [0, 0.05) is 17.0 Å². The fourth-order valence-electron chi connectivity index (χ4n) is 2.87. The molecule has 0 saturated heterocycles. The molecule has 0 bridgehead atoms. The number of aromatic nitrogens is 3. The van der Waals surface area contributed by atoms with Gasteiger partial charge in [0.05, 0.1) is 12.2 Å². The van der Waals surface area contributed by atoms with E-state index in [4.69, 9.17) is 9.26 Å². The third-order valence-electron chi connectivity index (χ3n) is 4.33. The minimum Gasteiger partial charge on any atom is -0.462 e. The van der Waals surface area contributed by atoms with Crippen molar-refractivity contribution in [1.82, 2.24) is 15.1 Å². The summed E-state index contributed by atoms with van der Waals surface area (Å²) in [5, 5.41) is 13.5. The van der Waals surface area contributed by atoms with Crippen LogP contribution in [-0.4, -0.2) is 27.7 Å². The fraction of sp³-hybridized carbons (Fsp3) is 0.238. The Morgan fingerprint density at radius 1 is 1.29 bits per heavy atom. The quantitative estimate of drug-likeness (QED) is 0.528. The van der Waals surface area contributed by atoms with E-state index in [2.05, 4.69) is 21.2 Å². The Bertz CT molecular complexity index is 1080. The van der Waals surface area contributed by atoms with Gasteiger partial charge >= 0.3 is 5.97 Å². The Hall–Kier alpha value is -3.66.